The summed E-state index contributed by atoms with van der Waals surface area (Å²) in [5.41, 5.74) is 0.246. The van der Waals surface area contributed by atoms with E-state index < -0.39 is 23.8 Å². The molecule has 0 radical (unpaired) electrons. The highest BCUT2D eigenvalue weighted by molar-refractivity contribution is 5.91. The Kier molecular flexibility index (Phi) is 5.74. The summed E-state index contributed by atoms with van der Waals surface area (Å²) in [6, 6.07) is 13.7. The molecule has 1 amide bonds. The third-order valence-electron chi connectivity index (χ3n) is 4.02. The number of halogens is 3. The molecule has 28 heavy (non-hydrogen) atoms. The quantitative estimate of drug-likeness (QED) is 0.678. The largest absolute Gasteiger partial charge is 0.416 e. The molecule has 0 saturated carbocycles. The number of carbonyl (C=O) groups excluding carboxylic acids is 1. The van der Waals surface area contributed by atoms with Crippen LogP contribution >= 0.6 is 0 Å². The Morgan fingerprint density at radius 2 is 1.89 bits per heavy atom. The molecule has 1 aromatic heterocycles. The Hall–Kier alpha value is -3.20. The van der Waals surface area contributed by atoms with E-state index in [9.17, 15) is 23.1 Å². The first-order valence-electron chi connectivity index (χ1n) is 8.40. The van der Waals surface area contributed by atoms with E-state index in [1.807, 2.05) is 6.07 Å². The maximum atomic E-state index is 12.7. The third kappa shape index (κ3) is 4.95. The van der Waals surface area contributed by atoms with Gasteiger partial charge in [0.25, 0.3) is 5.91 Å². The van der Waals surface area contributed by atoms with Gasteiger partial charge in [0.15, 0.2) is 5.69 Å². The minimum atomic E-state index is -4.44. The number of aromatic nitrogens is 3. The fraction of sp³-hybridized carbons (Fsp3) is 0.211. The maximum Gasteiger partial charge on any atom is 0.416 e. The number of aliphatic hydroxyl groups excluding tert-OH is 1. The molecule has 0 aliphatic heterocycles. The Balaban J connectivity index is 1.59. The van der Waals surface area contributed by atoms with E-state index in [1.54, 1.807) is 24.3 Å². The van der Waals surface area contributed by atoms with Gasteiger partial charge in [0.05, 0.1) is 24.4 Å². The van der Waals surface area contributed by atoms with Gasteiger partial charge in [-0.2, -0.15) is 13.2 Å². The van der Waals surface area contributed by atoms with Gasteiger partial charge >= 0.3 is 6.18 Å². The summed E-state index contributed by atoms with van der Waals surface area (Å²) in [5.74, 6) is -0.571. The predicted molar refractivity (Wildman–Crippen MR) is 94.0 cm³/mol. The first-order chi connectivity index (χ1) is 13.3. The second-order valence-electron chi connectivity index (χ2n) is 6.13. The van der Waals surface area contributed by atoms with Gasteiger partial charge in [0.2, 0.25) is 0 Å². The van der Waals surface area contributed by atoms with Gasteiger partial charge in [-0.05, 0) is 23.3 Å². The molecule has 3 rings (SSSR count). The minimum absolute atomic E-state index is 0.00670. The van der Waals surface area contributed by atoms with Crippen LogP contribution in [0.2, 0.25) is 0 Å². The van der Waals surface area contributed by atoms with E-state index in [-0.39, 0.29) is 18.8 Å². The lowest BCUT2D eigenvalue weighted by Crippen LogP contribution is -2.23. The van der Waals surface area contributed by atoms with Crippen molar-refractivity contribution in [3.8, 4) is 0 Å². The van der Waals surface area contributed by atoms with Gasteiger partial charge < -0.3 is 10.4 Å². The molecule has 0 bridgehead atoms. The van der Waals surface area contributed by atoms with Crippen molar-refractivity contribution in [2.24, 2.45) is 0 Å². The third-order valence-corrected chi connectivity index (χ3v) is 4.02. The Morgan fingerprint density at radius 3 is 2.61 bits per heavy atom. The summed E-state index contributed by atoms with van der Waals surface area (Å²) in [4.78, 5) is 12.2. The zero-order valence-corrected chi connectivity index (χ0v) is 14.6. The second-order valence-corrected chi connectivity index (χ2v) is 6.13. The number of nitrogens with one attached hydrogen (secondary N) is 1. The van der Waals surface area contributed by atoms with Crippen molar-refractivity contribution in [3.63, 3.8) is 0 Å². The molecule has 0 fully saturated rings. The van der Waals surface area contributed by atoms with Crippen LogP contribution in [-0.4, -0.2) is 26.0 Å². The zero-order chi connectivity index (χ0) is 20.1. The lowest BCUT2D eigenvalue weighted by Gasteiger charge is -2.10. The van der Waals surface area contributed by atoms with Crippen molar-refractivity contribution in [2.75, 3.05) is 0 Å². The van der Waals surface area contributed by atoms with E-state index >= 15 is 0 Å². The van der Waals surface area contributed by atoms with Gasteiger partial charge in [-0.25, -0.2) is 4.68 Å². The van der Waals surface area contributed by atoms with Crippen LogP contribution < -0.4 is 5.32 Å². The van der Waals surface area contributed by atoms with Crippen molar-refractivity contribution in [2.45, 2.75) is 25.4 Å². The van der Waals surface area contributed by atoms with Gasteiger partial charge in [-0.3, -0.25) is 4.79 Å². The van der Waals surface area contributed by atoms with Crippen LogP contribution in [0.4, 0.5) is 13.2 Å². The smallest absolute Gasteiger partial charge is 0.386 e. The molecule has 3 aromatic rings. The molecule has 0 aliphatic carbocycles. The van der Waals surface area contributed by atoms with Crippen LogP contribution in [0.3, 0.4) is 0 Å². The monoisotopic (exact) mass is 390 g/mol. The molecule has 2 aromatic carbocycles. The molecular weight excluding hydrogens is 373 g/mol. The van der Waals surface area contributed by atoms with Crippen molar-refractivity contribution in [1.82, 2.24) is 20.3 Å². The number of hydrogen-bond acceptors (Lipinski definition) is 4. The molecule has 1 unspecified atom stereocenters. The Labute approximate surface area is 158 Å². The van der Waals surface area contributed by atoms with Crippen molar-refractivity contribution < 1.29 is 23.1 Å². The molecule has 6 nitrogen and oxygen atoms in total. The summed E-state index contributed by atoms with van der Waals surface area (Å²) in [7, 11) is 0. The number of carbonyl (C=O) groups is 1. The predicted octanol–water partition coefficient (Wildman–Crippen LogP) is 2.96. The molecule has 1 atom stereocenters. The number of amides is 1. The van der Waals surface area contributed by atoms with E-state index in [2.05, 4.69) is 15.6 Å². The first kappa shape index (κ1) is 19.6. The summed E-state index contributed by atoms with van der Waals surface area (Å²) >= 11 is 0. The van der Waals surface area contributed by atoms with E-state index in [1.165, 1.54) is 23.0 Å². The highest BCUT2D eigenvalue weighted by Crippen LogP contribution is 2.29. The number of hydrogen-bond donors (Lipinski definition) is 2. The average molecular weight is 390 g/mol. The van der Waals surface area contributed by atoms with Gasteiger partial charge in [-0.1, -0.05) is 47.7 Å². The highest BCUT2D eigenvalue weighted by atomic mass is 19.4. The molecule has 9 heteroatoms. The molecule has 1 heterocycles. The molecular formula is C19H17F3N4O2. The lowest BCUT2D eigenvalue weighted by molar-refractivity contribution is -0.137. The van der Waals surface area contributed by atoms with Crippen LogP contribution in [0.1, 0.15) is 33.3 Å². The Morgan fingerprint density at radius 1 is 1.14 bits per heavy atom. The lowest BCUT2D eigenvalue weighted by atomic mass is 10.1. The molecule has 0 saturated heterocycles. The van der Waals surface area contributed by atoms with Crippen LogP contribution in [0.5, 0.6) is 0 Å². The maximum absolute atomic E-state index is 12.7. The van der Waals surface area contributed by atoms with E-state index in [0.29, 0.717) is 11.1 Å². The summed E-state index contributed by atoms with van der Waals surface area (Å²) in [6.45, 7) is 0.0280. The molecule has 0 aliphatic rings. The average Bonchev–Trinajstić information content (AvgIpc) is 3.15. The van der Waals surface area contributed by atoms with Crippen LogP contribution in [0.15, 0.2) is 60.8 Å². The molecule has 2 N–H and O–H groups in total. The number of aliphatic hydroxyl groups is 1. The fourth-order valence-corrected chi connectivity index (χ4v) is 2.58. The van der Waals surface area contributed by atoms with Gasteiger partial charge in [0, 0.05) is 6.54 Å². The fourth-order valence-electron chi connectivity index (χ4n) is 2.58. The molecule has 146 valence electrons. The number of alkyl halides is 3. The zero-order valence-electron chi connectivity index (χ0n) is 14.6. The number of benzene rings is 2. The van der Waals surface area contributed by atoms with Crippen LogP contribution in [0.25, 0.3) is 0 Å². The topological polar surface area (TPSA) is 80.0 Å². The van der Waals surface area contributed by atoms with Crippen LogP contribution in [0, 0.1) is 0 Å². The van der Waals surface area contributed by atoms with Crippen LogP contribution in [-0.2, 0) is 19.3 Å². The summed E-state index contributed by atoms with van der Waals surface area (Å²) in [6.07, 6.45) is -3.89. The normalized spacial score (nSPS) is 12.6. The van der Waals surface area contributed by atoms with E-state index in [4.69, 9.17) is 0 Å². The van der Waals surface area contributed by atoms with Crippen molar-refractivity contribution in [3.05, 3.63) is 83.2 Å². The standard InChI is InChI=1S/C19H17F3N4O2/c20-19(21,22)15-8-4-5-13(9-15)10-23-18(28)16-11-26(25-24-16)12-17(27)14-6-2-1-3-7-14/h1-9,11,17,27H,10,12H2,(H,23,28). The summed E-state index contributed by atoms with van der Waals surface area (Å²) in [5, 5.41) is 20.2. The van der Waals surface area contributed by atoms with Crippen molar-refractivity contribution in [1.29, 1.82) is 0 Å². The SMILES string of the molecule is O=C(NCc1cccc(C(F)(F)F)c1)c1cn(CC(O)c2ccccc2)nn1. The second kappa shape index (κ2) is 8.22. The highest BCUT2D eigenvalue weighted by Gasteiger charge is 2.30. The van der Waals surface area contributed by atoms with Gasteiger partial charge in [-0.15, -0.1) is 5.10 Å². The summed E-state index contributed by atoms with van der Waals surface area (Å²) < 4.78 is 39.5. The Bertz CT molecular complexity index is 942. The number of nitrogens with zero attached hydrogens (tertiary/aromatic N) is 3. The number of rotatable bonds is 6. The van der Waals surface area contributed by atoms with Gasteiger partial charge in [0.1, 0.15) is 0 Å². The van der Waals surface area contributed by atoms with E-state index in [0.717, 1.165) is 12.1 Å². The van der Waals surface area contributed by atoms with Crippen molar-refractivity contribution >= 4 is 5.91 Å². The minimum Gasteiger partial charge on any atom is -0.386 e. The molecule has 0 spiro atoms. The first-order valence-corrected chi connectivity index (χ1v) is 8.40.